The fraction of sp³-hybridized carbons (Fsp3) is 0.458. The van der Waals surface area contributed by atoms with Gasteiger partial charge in [0.15, 0.2) is 0 Å². The number of rotatable bonds is 14. The Morgan fingerprint density at radius 2 is 1.90 bits per heavy atom. The minimum absolute atomic E-state index is 0.0136. The summed E-state index contributed by atoms with van der Waals surface area (Å²) >= 11 is 0. The topological polar surface area (TPSA) is 74.2 Å². The van der Waals surface area contributed by atoms with Crippen molar-refractivity contribution in [1.29, 1.82) is 0 Å². The van der Waals surface area contributed by atoms with E-state index < -0.39 is 0 Å². The van der Waals surface area contributed by atoms with Gasteiger partial charge in [-0.1, -0.05) is 42.5 Å². The molecule has 0 aliphatic rings. The number of carbonyl (C=O) groups excluding carboxylic acids is 1. The number of carbonyl (C=O) groups is 1. The Bertz CT molecular complexity index is 690. The number of benzene rings is 1. The summed E-state index contributed by atoms with van der Waals surface area (Å²) in [5, 5.41) is 8.89. The molecule has 0 unspecified atom stereocenters. The molecule has 30 heavy (non-hydrogen) atoms. The summed E-state index contributed by atoms with van der Waals surface area (Å²) in [6, 6.07) is 7.72. The summed E-state index contributed by atoms with van der Waals surface area (Å²) in [4.78, 5) is 11.8. The maximum absolute atomic E-state index is 11.8. The van der Waals surface area contributed by atoms with E-state index in [4.69, 9.17) is 24.1 Å². The normalized spacial score (nSPS) is 14.2. The molecule has 1 aromatic rings. The highest BCUT2D eigenvalue weighted by Crippen LogP contribution is 2.17. The van der Waals surface area contributed by atoms with Gasteiger partial charge in [0.25, 0.3) is 0 Å². The molecule has 1 N–H and O–H groups in total. The Kier molecular flexibility index (Phi) is 13.2. The molecular weight excluding hydrogens is 384 g/mol. The molecule has 1 aromatic carbocycles. The number of allylic oxidation sites excluding steroid dienone is 2. The van der Waals surface area contributed by atoms with Gasteiger partial charge in [0.2, 0.25) is 0 Å². The van der Waals surface area contributed by atoms with E-state index in [9.17, 15) is 4.79 Å². The van der Waals surface area contributed by atoms with Crippen LogP contribution >= 0.6 is 0 Å². The first-order chi connectivity index (χ1) is 14.5. The highest BCUT2D eigenvalue weighted by molar-refractivity contribution is 5.87. The van der Waals surface area contributed by atoms with Gasteiger partial charge in [-0.2, -0.15) is 0 Å². The summed E-state index contributed by atoms with van der Waals surface area (Å²) in [6.07, 6.45) is 9.91. The van der Waals surface area contributed by atoms with Gasteiger partial charge in [-0.3, -0.25) is 0 Å². The highest BCUT2D eigenvalue weighted by Gasteiger charge is 2.15. The van der Waals surface area contributed by atoms with Crippen LogP contribution in [0, 0.1) is 0 Å². The van der Waals surface area contributed by atoms with E-state index in [1.807, 2.05) is 42.5 Å². The van der Waals surface area contributed by atoms with Gasteiger partial charge < -0.3 is 24.1 Å². The number of ether oxygens (including phenoxy) is 4. The van der Waals surface area contributed by atoms with Crippen LogP contribution in [-0.4, -0.2) is 50.7 Å². The van der Waals surface area contributed by atoms with Crippen LogP contribution in [0.4, 0.5) is 0 Å². The van der Waals surface area contributed by atoms with Gasteiger partial charge in [-0.15, -0.1) is 0 Å². The van der Waals surface area contributed by atoms with Gasteiger partial charge >= 0.3 is 5.97 Å². The van der Waals surface area contributed by atoms with Crippen molar-refractivity contribution in [3.05, 3.63) is 65.8 Å². The molecule has 0 saturated heterocycles. The largest absolute Gasteiger partial charge is 0.497 e. The fourth-order valence-corrected chi connectivity index (χ4v) is 2.64. The van der Waals surface area contributed by atoms with E-state index in [-0.39, 0.29) is 24.8 Å². The Morgan fingerprint density at radius 3 is 2.50 bits per heavy atom. The zero-order chi connectivity index (χ0) is 22.2. The first-order valence-corrected chi connectivity index (χ1v) is 10.1. The predicted molar refractivity (Wildman–Crippen MR) is 117 cm³/mol. The lowest BCUT2D eigenvalue weighted by Gasteiger charge is -2.20. The number of hydrogen-bond acceptors (Lipinski definition) is 6. The van der Waals surface area contributed by atoms with E-state index in [0.717, 1.165) is 11.3 Å². The molecule has 0 fully saturated rings. The minimum Gasteiger partial charge on any atom is -0.497 e. The Hall–Kier alpha value is -2.41. The van der Waals surface area contributed by atoms with Gasteiger partial charge in [0.05, 0.1) is 39.1 Å². The number of aliphatic hydroxyl groups excluding tert-OH is 1. The smallest absolute Gasteiger partial charge is 0.333 e. The minimum atomic E-state index is -0.311. The van der Waals surface area contributed by atoms with Crippen LogP contribution in [0.1, 0.15) is 32.3 Å². The number of methoxy groups -OCH3 is 2. The van der Waals surface area contributed by atoms with Gasteiger partial charge in [0.1, 0.15) is 5.75 Å². The van der Waals surface area contributed by atoms with Crippen molar-refractivity contribution in [1.82, 2.24) is 0 Å². The van der Waals surface area contributed by atoms with E-state index in [1.54, 1.807) is 40.2 Å². The molecule has 0 aliphatic carbocycles. The van der Waals surface area contributed by atoms with Crippen LogP contribution < -0.4 is 4.74 Å². The van der Waals surface area contributed by atoms with Gasteiger partial charge in [0, 0.05) is 19.1 Å². The lowest BCUT2D eigenvalue weighted by atomic mass is 10.1. The van der Waals surface area contributed by atoms with Crippen molar-refractivity contribution in [3.8, 4) is 5.75 Å². The molecule has 0 amide bonds. The van der Waals surface area contributed by atoms with E-state index in [1.165, 1.54) is 0 Å². The molecule has 1 rings (SSSR count). The zero-order valence-corrected chi connectivity index (χ0v) is 18.4. The predicted octanol–water partition coefficient (Wildman–Crippen LogP) is 3.99. The summed E-state index contributed by atoms with van der Waals surface area (Å²) < 4.78 is 21.9. The maximum Gasteiger partial charge on any atom is 0.333 e. The second-order valence-electron chi connectivity index (χ2n) is 6.63. The first-order valence-electron chi connectivity index (χ1n) is 10.1. The molecule has 2 atom stereocenters. The Balaban J connectivity index is 2.76. The molecule has 0 aliphatic heterocycles. The standard InChI is InChI=1S/C24H34O6/c1-5-29-24(26)19(2)10-13-22(28-4)17-23(9-7-6-8-16-25)30-18-20-11-14-21(27-3)15-12-20/h6-12,14-15,22-23,25H,5,13,16-18H2,1-4H3/b8-6+,9-7+,19-10-/t22-,23+/m0/s1. The molecular formula is C24H34O6. The molecule has 0 bridgehead atoms. The number of hydrogen-bond donors (Lipinski definition) is 1. The lowest BCUT2D eigenvalue weighted by Crippen LogP contribution is -2.21. The molecule has 0 radical (unpaired) electrons. The van der Waals surface area contributed by atoms with Gasteiger partial charge in [-0.25, -0.2) is 4.79 Å². The molecule has 6 nitrogen and oxygen atoms in total. The lowest BCUT2D eigenvalue weighted by molar-refractivity contribution is -0.138. The van der Waals surface area contributed by atoms with Crippen LogP contribution in [0.2, 0.25) is 0 Å². The van der Waals surface area contributed by atoms with Crippen LogP contribution in [0.3, 0.4) is 0 Å². The third kappa shape index (κ3) is 10.4. The fourth-order valence-electron chi connectivity index (χ4n) is 2.64. The van der Waals surface area contributed by atoms with Crippen molar-refractivity contribution in [2.24, 2.45) is 0 Å². The third-order valence-corrected chi connectivity index (χ3v) is 4.41. The molecule has 0 saturated carbocycles. The zero-order valence-electron chi connectivity index (χ0n) is 18.4. The van der Waals surface area contributed by atoms with Crippen LogP contribution in [0.25, 0.3) is 0 Å². The summed E-state index contributed by atoms with van der Waals surface area (Å²) in [5.41, 5.74) is 1.60. The number of esters is 1. The number of aliphatic hydroxyl groups is 1. The van der Waals surface area contributed by atoms with Crippen LogP contribution in [0.5, 0.6) is 5.75 Å². The van der Waals surface area contributed by atoms with Crippen LogP contribution in [-0.2, 0) is 25.6 Å². The van der Waals surface area contributed by atoms with Gasteiger partial charge in [-0.05, 0) is 38.0 Å². The van der Waals surface area contributed by atoms with Crippen molar-refractivity contribution >= 4 is 5.97 Å². The van der Waals surface area contributed by atoms with Crippen molar-refractivity contribution in [2.45, 2.75) is 45.5 Å². The highest BCUT2D eigenvalue weighted by atomic mass is 16.5. The van der Waals surface area contributed by atoms with Crippen molar-refractivity contribution < 1.29 is 28.8 Å². The monoisotopic (exact) mass is 418 g/mol. The summed E-state index contributed by atoms with van der Waals surface area (Å²) in [5.74, 6) is 0.487. The quantitative estimate of drug-likeness (QED) is 0.280. The third-order valence-electron chi connectivity index (χ3n) is 4.41. The Labute approximate surface area is 179 Å². The Morgan fingerprint density at radius 1 is 1.17 bits per heavy atom. The van der Waals surface area contributed by atoms with Crippen molar-refractivity contribution in [2.75, 3.05) is 27.4 Å². The summed E-state index contributed by atoms with van der Waals surface area (Å²) in [6.45, 7) is 4.30. The second-order valence-corrected chi connectivity index (χ2v) is 6.63. The van der Waals surface area contributed by atoms with E-state index >= 15 is 0 Å². The maximum atomic E-state index is 11.8. The van der Waals surface area contributed by atoms with E-state index in [0.29, 0.717) is 31.6 Å². The van der Waals surface area contributed by atoms with Crippen LogP contribution in [0.15, 0.2) is 60.2 Å². The molecule has 0 aromatic heterocycles. The summed E-state index contributed by atoms with van der Waals surface area (Å²) in [7, 11) is 3.28. The SMILES string of the molecule is CCOC(=O)/C(C)=C\C[C@@H](C[C@@H](/C=C/C=C/CO)OCc1ccc(OC)cc1)OC. The molecule has 6 heteroatoms. The molecule has 0 heterocycles. The second kappa shape index (κ2) is 15.4. The first kappa shape index (κ1) is 25.6. The van der Waals surface area contributed by atoms with Crippen molar-refractivity contribution in [3.63, 3.8) is 0 Å². The average Bonchev–Trinajstić information content (AvgIpc) is 2.77. The average molecular weight is 419 g/mol. The molecule has 166 valence electrons. The molecule has 0 spiro atoms. The van der Waals surface area contributed by atoms with E-state index in [2.05, 4.69) is 0 Å².